The second-order valence-corrected chi connectivity index (χ2v) is 3.34. The van der Waals surface area contributed by atoms with Crippen LogP contribution in [0.25, 0.3) is 0 Å². The van der Waals surface area contributed by atoms with Crippen LogP contribution < -0.4 is 0 Å². The van der Waals surface area contributed by atoms with Gasteiger partial charge in [0.05, 0.1) is 0 Å². The highest BCUT2D eigenvalue weighted by Gasteiger charge is 2.05. The molecule has 0 amide bonds. The van der Waals surface area contributed by atoms with Gasteiger partial charge in [-0.15, -0.1) is 0 Å². The van der Waals surface area contributed by atoms with Crippen LogP contribution in [0, 0.1) is 6.92 Å². The Hall–Kier alpha value is -0.920. The Labute approximate surface area is 80.4 Å². The van der Waals surface area contributed by atoms with Gasteiger partial charge in [0, 0.05) is 11.4 Å². The summed E-state index contributed by atoms with van der Waals surface area (Å²) in [4.78, 5) is 8.53. The molecular formula is C11H18N2. The van der Waals surface area contributed by atoms with Crippen LogP contribution in [0.5, 0.6) is 0 Å². The fourth-order valence-corrected chi connectivity index (χ4v) is 1.53. The van der Waals surface area contributed by atoms with Crippen molar-refractivity contribution < 1.29 is 0 Å². The third-order valence-electron chi connectivity index (χ3n) is 2.37. The van der Waals surface area contributed by atoms with E-state index in [9.17, 15) is 0 Å². The lowest BCUT2D eigenvalue weighted by molar-refractivity contribution is 0.765. The number of hydrogen-bond donors (Lipinski definition) is 0. The average molecular weight is 178 g/mol. The summed E-state index contributed by atoms with van der Waals surface area (Å²) in [5.74, 6) is 0. The molecule has 1 rings (SSSR count). The van der Waals surface area contributed by atoms with E-state index >= 15 is 0 Å². The highest BCUT2D eigenvalue weighted by molar-refractivity contribution is 5.23. The van der Waals surface area contributed by atoms with E-state index < -0.39 is 0 Å². The molecule has 0 aliphatic heterocycles. The standard InChI is InChI=1S/C11H18N2/c1-4-6-7-10-9(3)12-8-13-11(10)5-2/h8H,4-7H2,1-3H3. The molecule has 2 heteroatoms. The number of nitrogens with zero attached hydrogens (tertiary/aromatic N) is 2. The van der Waals surface area contributed by atoms with Crippen molar-refractivity contribution in [2.24, 2.45) is 0 Å². The molecule has 1 aromatic heterocycles. The zero-order chi connectivity index (χ0) is 9.68. The molecular weight excluding hydrogens is 160 g/mol. The van der Waals surface area contributed by atoms with Gasteiger partial charge in [-0.05, 0) is 31.7 Å². The maximum Gasteiger partial charge on any atom is 0.115 e. The van der Waals surface area contributed by atoms with E-state index in [0.29, 0.717) is 0 Å². The lowest BCUT2D eigenvalue weighted by Gasteiger charge is -2.08. The molecule has 0 spiro atoms. The molecule has 2 nitrogen and oxygen atoms in total. The van der Waals surface area contributed by atoms with Gasteiger partial charge in [0.1, 0.15) is 6.33 Å². The molecule has 13 heavy (non-hydrogen) atoms. The average Bonchev–Trinajstić information content (AvgIpc) is 2.15. The van der Waals surface area contributed by atoms with Gasteiger partial charge in [-0.2, -0.15) is 0 Å². The zero-order valence-corrected chi connectivity index (χ0v) is 8.80. The van der Waals surface area contributed by atoms with Gasteiger partial charge in [0.15, 0.2) is 0 Å². The Kier molecular flexibility index (Phi) is 3.87. The first-order valence-electron chi connectivity index (χ1n) is 5.08. The van der Waals surface area contributed by atoms with E-state index in [1.54, 1.807) is 6.33 Å². The normalized spacial score (nSPS) is 10.4. The Morgan fingerprint density at radius 3 is 2.62 bits per heavy atom. The summed E-state index contributed by atoms with van der Waals surface area (Å²) in [7, 11) is 0. The first-order valence-corrected chi connectivity index (χ1v) is 5.08. The molecule has 1 heterocycles. The second kappa shape index (κ2) is 4.95. The summed E-state index contributed by atoms with van der Waals surface area (Å²) >= 11 is 0. The number of aryl methyl sites for hydroxylation is 2. The van der Waals surface area contributed by atoms with Crippen molar-refractivity contribution in [3.05, 3.63) is 23.3 Å². The highest BCUT2D eigenvalue weighted by atomic mass is 14.8. The molecule has 0 N–H and O–H groups in total. The van der Waals surface area contributed by atoms with Crippen LogP contribution in [0.2, 0.25) is 0 Å². The smallest absolute Gasteiger partial charge is 0.115 e. The summed E-state index contributed by atoms with van der Waals surface area (Å²) in [6.45, 7) is 6.44. The predicted molar refractivity (Wildman–Crippen MR) is 54.8 cm³/mol. The minimum atomic E-state index is 1.02. The summed E-state index contributed by atoms with van der Waals surface area (Å²) in [5, 5.41) is 0. The van der Waals surface area contributed by atoms with Gasteiger partial charge >= 0.3 is 0 Å². The molecule has 0 aromatic carbocycles. The Morgan fingerprint density at radius 1 is 1.23 bits per heavy atom. The molecule has 1 aromatic rings. The molecule has 0 unspecified atom stereocenters. The first kappa shape index (κ1) is 10.2. The first-order chi connectivity index (χ1) is 6.29. The largest absolute Gasteiger partial charge is 0.241 e. The number of rotatable bonds is 4. The molecule has 72 valence electrons. The predicted octanol–water partition coefficient (Wildman–Crippen LogP) is 2.69. The van der Waals surface area contributed by atoms with Crippen LogP contribution in [0.4, 0.5) is 0 Å². The van der Waals surface area contributed by atoms with E-state index in [4.69, 9.17) is 0 Å². The van der Waals surface area contributed by atoms with Gasteiger partial charge < -0.3 is 0 Å². The summed E-state index contributed by atoms with van der Waals surface area (Å²) in [6, 6.07) is 0. The summed E-state index contributed by atoms with van der Waals surface area (Å²) in [5.41, 5.74) is 3.74. The van der Waals surface area contributed by atoms with Gasteiger partial charge in [0.2, 0.25) is 0 Å². The van der Waals surface area contributed by atoms with Gasteiger partial charge in [-0.25, -0.2) is 9.97 Å². The topological polar surface area (TPSA) is 25.8 Å². The van der Waals surface area contributed by atoms with Gasteiger partial charge in [-0.3, -0.25) is 0 Å². The van der Waals surface area contributed by atoms with E-state index in [2.05, 4.69) is 30.7 Å². The van der Waals surface area contributed by atoms with Crippen molar-refractivity contribution in [1.29, 1.82) is 0 Å². The lowest BCUT2D eigenvalue weighted by atomic mass is 10.0. The van der Waals surface area contributed by atoms with Crippen molar-refractivity contribution in [2.45, 2.75) is 46.5 Å². The second-order valence-electron chi connectivity index (χ2n) is 3.34. The number of unbranched alkanes of at least 4 members (excludes halogenated alkanes) is 1. The molecule has 0 saturated carbocycles. The third-order valence-corrected chi connectivity index (χ3v) is 2.37. The van der Waals surface area contributed by atoms with E-state index in [-0.39, 0.29) is 0 Å². The minimum absolute atomic E-state index is 1.02. The maximum absolute atomic E-state index is 4.30. The zero-order valence-electron chi connectivity index (χ0n) is 8.80. The van der Waals surface area contributed by atoms with Crippen LogP contribution in [0.15, 0.2) is 6.33 Å². The summed E-state index contributed by atoms with van der Waals surface area (Å²) < 4.78 is 0. The van der Waals surface area contributed by atoms with E-state index in [1.165, 1.54) is 24.1 Å². The van der Waals surface area contributed by atoms with Crippen LogP contribution in [0.1, 0.15) is 43.6 Å². The molecule has 0 saturated heterocycles. The van der Waals surface area contributed by atoms with Crippen LogP contribution in [-0.2, 0) is 12.8 Å². The highest BCUT2D eigenvalue weighted by Crippen LogP contribution is 2.13. The molecule has 0 atom stereocenters. The molecule has 0 fully saturated rings. The quantitative estimate of drug-likeness (QED) is 0.708. The van der Waals surface area contributed by atoms with Gasteiger partial charge in [0.25, 0.3) is 0 Å². The van der Waals surface area contributed by atoms with Crippen molar-refractivity contribution >= 4 is 0 Å². The van der Waals surface area contributed by atoms with Crippen molar-refractivity contribution in [3.63, 3.8) is 0 Å². The van der Waals surface area contributed by atoms with Crippen LogP contribution in [0.3, 0.4) is 0 Å². The van der Waals surface area contributed by atoms with E-state index in [1.807, 2.05) is 0 Å². The minimum Gasteiger partial charge on any atom is -0.241 e. The monoisotopic (exact) mass is 178 g/mol. The fourth-order valence-electron chi connectivity index (χ4n) is 1.53. The van der Waals surface area contributed by atoms with Crippen LogP contribution >= 0.6 is 0 Å². The van der Waals surface area contributed by atoms with Crippen molar-refractivity contribution in [3.8, 4) is 0 Å². The lowest BCUT2D eigenvalue weighted by Crippen LogP contribution is -2.01. The Balaban J connectivity index is 2.87. The Morgan fingerprint density at radius 2 is 2.00 bits per heavy atom. The van der Waals surface area contributed by atoms with Crippen LogP contribution in [-0.4, -0.2) is 9.97 Å². The molecule has 0 aliphatic rings. The third kappa shape index (κ3) is 2.51. The maximum atomic E-state index is 4.30. The SMILES string of the molecule is CCCCc1c(C)ncnc1CC. The van der Waals surface area contributed by atoms with Crippen molar-refractivity contribution in [2.75, 3.05) is 0 Å². The molecule has 0 bridgehead atoms. The van der Waals surface area contributed by atoms with Gasteiger partial charge in [-0.1, -0.05) is 20.3 Å². The Bertz CT molecular complexity index is 269. The number of aromatic nitrogens is 2. The molecule has 0 radical (unpaired) electrons. The van der Waals surface area contributed by atoms with Crippen molar-refractivity contribution in [1.82, 2.24) is 9.97 Å². The molecule has 0 aliphatic carbocycles. The van der Waals surface area contributed by atoms with E-state index in [0.717, 1.165) is 18.5 Å². The number of hydrogen-bond acceptors (Lipinski definition) is 2. The summed E-state index contributed by atoms with van der Waals surface area (Å²) in [6.07, 6.45) is 6.29. The fraction of sp³-hybridized carbons (Fsp3) is 0.636.